The molecule has 2 rings (SSSR count). The van der Waals surface area contributed by atoms with Crippen molar-refractivity contribution in [1.82, 2.24) is 0 Å². The summed E-state index contributed by atoms with van der Waals surface area (Å²) in [4.78, 5) is 0. The Morgan fingerprint density at radius 1 is 1.00 bits per heavy atom. The fourth-order valence-corrected chi connectivity index (χ4v) is 4.69. The summed E-state index contributed by atoms with van der Waals surface area (Å²) in [5, 5.41) is 0. The Balaban J connectivity index is 2.38. The quantitative estimate of drug-likeness (QED) is 0.422. The van der Waals surface area contributed by atoms with Crippen LogP contribution in [0.2, 0.25) is 0 Å². The third-order valence-corrected chi connectivity index (χ3v) is 6.68. The first-order valence-corrected chi connectivity index (χ1v) is 9.86. The fourth-order valence-electron chi connectivity index (χ4n) is 4.69. The molecule has 7 atom stereocenters. The molecule has 2 N–H and O–H groups in total. The Labute approximate surface area is 149 Å². The van der Waals surface area contributed by atoms with Crippen molar-refractivity contribution >= 4 is 0 Å². The van der Waals surface area contributed by atoms with Gasteiger partial charge in [0.2, 0.25) is 0 Å². The van der Waals surface area contributed by atoms with Gasteiger partial charge in [0, 0.05) is 11.6 Å². The van der Waals surface area contributed by atoms with Crippen LogP contribution in [0.25, 0.3) is 0 Å². The molecule has 1 heteroatoms. The fraction of sp³-hybridized carbons (Fsp3) is 0.696. The van der Waals surface area contributed by atoms with E-state index in [2.05, 4.69) is 65.2 Å². The van der Waals surface area contributed by atoms with Gasteiger partial charge in [-0.25, -0.2) is 0 Å². The van der Waals surface area contributed by atoms with Gasteiger partial charge in [0.1, 0.15) is 0 Å². The van der Waals surface area contributed by atoms with Crippen LogP contribution >= 0.6 is 0 Å². The van der Waals surface area contributed by atoms with Crippen LogP contribution in [0, 0.1) is 41.4 Å². The van der Waals surface area contributed by atoms with E-state index < -0.39 is 0 Å². The zero-order valence-electron chi connectivity index (χ0n) is 16.4. The first-order valence-electron chi connectivity index (χ1n) is 9.86. The summed E-state index contributed by atoms with van der Waals surface area (Å²) in [6.45, 7) is 15.9. The summed E-state index contributed by atoms with van der Waals surface area (Å²) >= 11 is 0. The lowest BCUT2D eigenvalue weighted by Gasteiger charge is -2.36. The van der Waals surface area contributed by atoms with E-state index >= 15 is 0 Å². The highest BCUT2D eigenvalue weighted by atomic mass is 14.6. The van der Waals surface area contributed by atoms with Crippen molar-refractivity contribution in [2.75, 3.05) is 0 Å². The van der Waals surface area contributed by atoms with E-state index in [1.807, 2.05) is 0 Å². The maximum atomic E-state index is 6.23. The zero-order chi connectivity index (χ0) is 17.9. The Bertz CT molecular complexity index is 534. The van der Waals surface area contributed by atoms with E-state index in [0.717, 1.165) is 30.4 Å². The predicted octanol–water partition coefficient (Wildman–Crippen LogP) is 6.10. The molecule has 24 heavy (non-hydrogen) atoms. The zero-order valence-corrected chi connectivity index (χ0v) is 16.4. The van der Waals surface area contributed by atoms with Gasteiger partial charge in [-0.15, -0.1) is 5.73 Å². The Morgan fingerprint density at radius 2 is 1.71 bits per heavy atom. The second kappa shape index (κ2) is 8.26. The van der Waals surface area contributed by atoms with Crippen LogP contribution in [0.4, 0.5) is 0 Å². The third-order valence-electron chi connectivity index (χ3n) is 6.68. The summed E-state index contributed by atoms with van der Waals surface area (Å²) in [7, 11) is 0. The lowest BCUT2D eigenvalue weighted by molar-refractivity contribution is 0.269. The molecule has 0 aliphatic heterocycles. The minimum Gasteiger partial charge on any atom is -0.402 e. The van der Waals surface area contributed by atoms with Crippen LogP contribution in [0.3, 0.4) is 0 Å². The molecule has 0 aromatic heterocycles. The summed E-state index contributed by atoms with van der Waals surface area (Å²) in [5.74, 6) is 4.30. The molecule has 1 nitrogen and oxygen atoms in total. The second-order valence-electron chi connectivity index (χ2n) is 8.66. The largest absolute Gasteiger partial charge is 0.402 e. The van der Waals surface area contributed by atoms with Crippen molar-refractivity contribution in [1.29, 1.82) is 0 Å². The van der Waals surface area contributed by atoms with Gasteiger partial charge in [0.05, 0.1) is 0 Å². The van der Waals surface area contributed by atoms with E-state index in [1.54, 1.807) is 0 Å². The normalized spacial score (nSPS) is 42.8. The van der Waals surface area contributed by atoms with Crippen LogP contribution in [0.5, 0.6) is 0 Å². The van der Waals surface area contributed by atoms with E-state index in [0.29, 0.717) is 29.6 Å². The lowest BCUT2D eigenvalue weighted by Crippen LogP contribution is -2.29. The van der Waals surface area contributed by atoms with Crippen LogP contribution in [0.1, 0.15) is 60.3 Å². The molecule has 2 aliphatic carbocycles. The van der Waals surface area contributed by atoms with Gasteiger partial charge in [-0.05, 0) is 53.9 Å². The van der Waals surface area contributed by atoms with Crippen molar-refractivity contribution in [3.8, 4) is 0 Å². The number of nitrogens with two attached hydrogens (primary N) is 1. The number of hydrogen-bond acceptors (Lipinski definition) is 1. The highest BCUT2D eigenvalue weighted by Gasteiger charge is 2.32. The van der Waals surface area contributed by atoms with Crippen LogP contribution in [0.15, 0.2) is 41.8 Å². The molecule has 0 spiro atoms. The number of rotatable bonds is 0. The predicted molar refractivity (Wildman–Crippen MR) is 105 cm³/mol. The van der Waals surface area contributed by atoms with Gasteiger partial charge < -0.3 is 5.73 Å². The highest BCUT2D eigenvalue weighted by molar-refractivity contribution is 5.21. The van der Waals surface area contributed by atoms with Crippen molar-refractivity contribution < 1.29 is 0 Å². The van der Waals surface area contributed by atoms with Crippen LogP contribution < -0.4 is 5.73 Å². The maximum absolute atomic E-state index is 6.23. The van der Waals surface area contributed by atoms with Gasteiger partial charge in [0.25, 0.3) is 0 Å². The molecule has 0 fully saturated rings. The second-order valence-corrected chi connectivity index (χ2v) is 8.66. The molecular formula is C23H37N. The molecule has 0 heterocycles. The minimum absolute atomic E-state index is 0.472. The molecule has 2 aliphatic rings. The molecule has 0 aromatic carbocycles. The highest BCUT2D eigenvalue weighted by Crippen LogP contribution is 2.41. The summed E-state index contributed by atoms with van der Waals surface area (Å²) in [5.41, 5.74) is 12.0. The average molecular weight is 328 g/mol. The Morgan fingerprint density at radius 3 is 2.38 bits per heavy atom. The summed E-state index contributed by atoms with van der Waals surface area (Å²) < 4.78 is 0. The first-order chi connectivity index (χ1) is 11.3. The van der Waals surface area contributed by atoms with Crippen molar-refractivity contribution in [2.45, 2.75) is 60.3 Å². The molecule has 0 amide bonds. The van der Waals surface area contributed by atoms with Gasteiger partial charge in [0.15, 0.2) is 0 Å². The summed E-state index contributed by atoms with van der Waals surface area (Å²) in [6.07, 6.45) is 11.9. The first kappa shape index (κ1) is 19.1. The topological polar surface area (TPSA) is 26.0 Å². The Hall–Kier alpha value is -1.20. The SMILES string of the molecule is C=C=C1CC(C)CCC(C)C(C)C(C)/C=C/C2CC(N)=CC(C)C12. The van der Waals surface area contributed by atoms with Crippen molar-refractivity contribution in [3.05, 3.63) is 41.8 Å². The average Bonchev–Trinajstić information content (AvgIpc) is 2.53. The number of hydrogen-bond donors (Lipinski definition) is 1. The Kier molecular flexibility index (Phi) is 6.58. The van der Waals surface area contributed by atoms with Crippen LogP contribution in [-0.4, -0.2) is 0 Å². The van der Waals surface area contributed by atoms with Crippen molar-refractivity contribution in [2.24, 2.45) is 47.2 Å². The van der Waals surface area contributed by atoms with E-state index in [-0.39, 0.29) is 0 Å². The monoisotopic (exact) mass is 327 g/mol. The van der Waals surface area contributed by atoms with Gasteiger partial charge in [-0.2, -0.15) is 0 Å². The molecule has 134 valence electrons. The molecule has 0 radical (unpaired) electrons. The number of fused-ring (bicyclic) bond motifs is 1. The molecule has 7 unspecified atom stereocenters. The van der Waals surface area contributed by atoms with Crippen LogP contribution in [-0.2, 0) is 0 Å². The standard InChI is InChI=1S/C23H37N/c1-7-20-12-15(2)8-9-16(3)19(6)17(4)10-11-21-14-22(24)13-18(5)23(20)21/h10-11,13,15-19,21,23H,1,8-9,12,14,24H2,2-6H3/b11-10+. The van der Waals surface area contributed by atoms with Crippen molar-refractivity contribution in [3.63, 3.8) is 0 Å². The van der Waals surface area contributed by atoms with E-state index in [4.69, 9.17) is 5.73 Å². The molecule has 0 aromatic rings. The maximum Gasteiger partial charge on any atom is 0.00490 e. The molecule has 0 bridgehead atoms. The van der Waals surface area contributed by atoms with E-state index in [9.17, 15) is 0 Å². The molecule has 0 saturated heterocycles. The minimum atomic E-state index is 0.472. The van der Waals surface area contributed by atoms with Gasteiger partial charge in [-0.3, -0.25) is 0 Å². The molecular weight excluding hydrogens is 290 g/mol. The number of allylic oxidation sites excluding steroid dienone is 5. The van der Waals surface area contributed by atoms with E-state index in [1.165, 1.54) is 18.4 Å². The van der Waals surface area contributed by atoms with Gasteiger partial charge >= 0.3 is 0 Å². The third kappa shape index (κ3) is 4.45. The smallest absolute Gasteiger partial charge is 0.00490 e. The summed E-state index contributed by atoms with van der Waals surface area (Å²) in [6, 6.07) is 0. The lowest BCUT2D eigenvalue weighted by atomic mass is 9.68. The van der Waals surface area contributed by atoms with Gasteiger partial charge in [-0.1, -0.05) is 72.3 Å². The molecule has 0 saturated carbocycles.